The fraction of sp³-hybridized carbons (Fsp3) is 0.0435. The molecule has 0 bridgehead atoms. The molecule has 3 rings (SSSR count). The van der Waals surface area contributed by atoms with Gasteiger partial charge in [-0.15, -0.1) is 0 Å². The Labute approximate surface area is 210 Å². The van der Waals surface area contributed by atoms with Gasteiger partial charge in [0.25, 0.3) is 0 Å². The van der Waals surface area contributed by atoms with Gasteiger partial charge in [-0.2, -0.15) is 18.3 Å². The van der Waals surface area contributed by atoms with Crippen LogP contribution in [0.4, 0.5) is 18.9 Å². The topological polar surface area (TPSA) is 96.9 Å². The van der Waals surface area contributed by atoms with Crippen molar-refractivity contribution >= 4 is 57.2 Å². The number of hydrogen-bond acceptors (Lipinski definition) is 5. The lowest BCUT2D eigenvalue weighted by Crippen LogP contribution is -2.32. The van der Waals surface area contributed by atoms with Crippen LogP contribution in [0, 0.1) is 0 Å². The number of carbonyl (C=O) groups is 3. The summed E-state index contributed by atoms with van der Waals surface area (Å²) >= 11 is 9.06. The maximum atomic E-state index is 12.8. The minimum Gasteiger partial charge on any atom is -0.423 e. The van der Waals surface area contributed by atoms with Crippen molar-refractivity contribution in [2.24, 2.45) is 5.10 Å². The third-order valence-corrected chi connectivity index (χ3v) is 5.33. The monoisotopic (exact) mass is 567 g/mol. The van der Waals surface area contributed by atoms with Crippen molar-refractivity contribution in [3.63, 3.8) is 0 Å². The van der Waals surface area contributed by atoms with E-state index in [1.165, 1.54) is 18.3 Å². The van der Waals surface area contributed by atoms with Crippen LogP contribution < -0.4 is 15.5 Å². The Morgan fingerprint density at radius 2 is 1.66 bits per heavy atom. The Morgan fingerprint density at radius 1 is 0.971 bits per heavy atom. The summed E-state index contributed by atoms with van der Waals surface area (Å²) in [7, 11) is 0. The largest absolute Gasteiger partial charge is 0.423 e. The lowest BCUT2D eigenvalue weighted by Gasteiger charge is -2.11. The van der Waals surface area contributed by atoms with Crippen LogP contribution in [0.1, 0.15) is 21.5 Å². The first-order chi connectivity index (χ1) is 16.5. The summed E-state index contributed by atoms with van der Waals surface area (Å²) in [6, 6.07) is 15.2. The normalized spacial score (nSPS) is 11.2. The van der Waals surface area contributed by atoms with E-state index in [-0.39, 0.29) is 16.5 Å². The van der Waals surface area contributed by atoms with Gasteiger partial charge in [0.2, 0.25) is 0 Å². The Bertz CT molecular complexity index is 1300. The van der Waals surface area contributed by atoms with E-state index < -0.39 is 29.5 Å². The summed E-state index contributed by atoms with van der Waals surface area (Å²) in [4.78, 5) is 36.1. The first kappa shape index (κ1) is 25.9. The van der Waals surface area contributed by atoms with E-state index in [9.17, 15) is 27.6 Å². The van der Waals surface area contributed by atoms with Gasteiger partial charge in [0, 0.05) is 4.47 Å². The Hall–Kier alpha value is -3.70. The smallest absolute Gasteiger partial charge is 0.416 e. The van der Waals surface area contributed by atoms with Gasteiger partial charge in [0.15, 0.2) is 0 Å². The predicted octanol–water partition coefficient (Wildman–Crippen LogP) is 5.43. The van der Waals surface area contributed by atoms with Crippen molar-refractivity contribution in [2.75, 3.05) is 5.32 Å². The van der Waals surface area contributed by atoms with E-state index >= 15 is 0 Å². The number of esters is 1. The molecular formula is C23H14BrClF3N3O4. The molecule has 7 nitrogen and oxygen atoms in total. The molecule has 0 aliphatic rings. The lowest BCUT2D eigenvalue weighted by atomic mass is 10.2. The quantitative estimate of drug-likeness (QED) is 0.141. The highest BCUT2D eigenvalue weighted by molar-refractivity contribution is 9.10. The Balaban J connectivity index is 1.55. The summed E-state index contributed by atoms with van der Waals surface area (Å²) in [5, 5.41) is 5.45. The number of amides is 2. The zero-order chi connectivity index (χ0) is 25.6. The molecule has 3 aromatic carbocycles. The van der Waals surface area contributed by atoms with Crippen LogP contribution in [0.25, 0.3) is 0 Å². The van der Waals surface area contributed by atoms with Crippen LogP contribution in [-0.4, -0.2) is 24.0 Å². The average molecular weight is 569 g/mol. The number of nitrogens with one attached hydrogen (secondary N) is 2. The molecule has 0 radical (unpaired) electrons. The standard InChI is InChI=1S/C23H14BrClF3N3O4/c24-17-4-2-1-3-16(17)22(34)35-15-8-5-13(6-9-15)12-29-31-21(33)20(32)30-19-11-14(23(26,27)28)7-10-18(19)25/h1-12H,(H,30,32)(H,31,33). The molecule has 0 aromatic heterocycles. The van der Waals surface area contributed by atoms with Gasteiger partial charge >= 0.3 is 24.0 Å². The highest BCUT2D eigenvalue weighted by atomic mass is 79.9. The SMILES string of the molecule is O=C(NN=Cc1ccc(OC(=O)c2ccccc2Br)cc1)C(=O)Nc1cc(C(F)(F)F)ccc1Cl. The Kier molecular flexibility index (Phi) is 8.26. The first-order valence-electron chi connectivity index (χ1n) is 9.62. The number of halogens is 5. The van der Waals surface area contributed by atoms with E-state index in [0.717, 1.165) is 12.1 Å². The highest BCUT2D eigenvalue weighted by Crippen LogP contribution is 2.33. The number of ether oxygens (including phenoxy) is 1. The summed E-state index contributed by atoms with van der Waals surface area (Å²) in [5.74, 6) is -2.78. The number of nitrogens with zero attached hydrogens (tertiary/aromatic N) is 1. The van der Waals surface area contributed by atoms with E-state index in [1.54, 1.807) is 36.4 Å². The molecule has 2 amide bonds. The van der Waals surface area contributed by atoms with Gasteiger partial charge in [0.05, 0.1) is 28.1 Å². The molecule has 35 heavy (non-hydrogen) atoms. The van der Waals surface area contributed by atoms with Gasteiger partial charge in [0.1, 0.15) is 5.75 Å². The van der Waals surface area contributed by atoms with Crippen molar-refractivity contribution in [2.45, 2.75) is 6.18 Å². The second-order valence-electron chi connectivity index (χ2n) is 6.78. The van der Waals surface area contributed by atoms with Gasteiger partial charge in [-0.3, -0.25) is 9.59 Å². The van der Waals surface area contributed by atoms with E-state index in [0.29, 0.717) is 21.7 Å². The third-order valence-electron chi connectivity index (χ3n) is 4.31. The minimum atomic E-state index is -4.65. The lowest BCUT2D eigenvalue weighted by molar-refractivity contribution is -0.137. The number of carbonyl (C=O) groups excluding carboxylic acids is 3. The molecule has 180 valence electrons. The second kappa shape index (κ2) is 11.2. The van der Waals surface area contributed by atoms with Gasteiger partial charge in [-0.05, 0) is 76.1 Å². The van der Waals surface area contributed by atoms with Crippen molar-refractivity contribution in [3.05, 3.63) is 92.9 Å². The van der Waals surface area contributed by atoms with Crippen LogP contribution in [0.15, 0.2) is 76.3 Å². The van der Waals surface area contributed by atoms with E-state index in [1.807, 2.05) is 10.7 Å². The number of benzene rings is 3. The summed E-state index contributed by atoms with van der Waals surface area (Å²) in [5.41, 5.74) is 1.38. The van der Waals surface area contributed by atoms with Crippen LogP contribution >= 0.6 is 27.5 Å². The van der Waals surface area contributed by atoms with Crippen LogP contribution in [0.2, 0.25) is 5.02 Å². The molecule has 12 heteroatoms. The molecular weight excluding hydrogens is 555 g/mol. The zero-order valence-electron chi connectivity index (χ0n) is 17.4. The second-order valence-corrected chi connectivity index (χ2v) is 8.05. The summed E-state index contributed by atoms with van der Waals surface area (Å²) in [6.45, 7) is 0. The molecule has 0 fully saturated rings. The molecule has 0 spiro atoms. The highest BCUT2D eigenvalue weighted by Gasteiger charge is 2.31. The number of rotatable bonds is 5. The number of anilines is 1. The van der Waals surface area contributed by atoms with Gasteiger partial charge < -0.3 is 10.1 Å². The molecule has 0 aliphatic heterocycles. The molecule has 2 N–H and O–H groups in total. The molecule has 0 aliphatic carbocycles. The first-order valence-corrected chi connectivity index (χ1v) is 10.8. The van der Waals surface area contributed by atoms with Crippen LogP contribution in [0.3, 0.4) is 0 Å². The van der Waals surface area contributed by atoms with Crippen LogP contribution in [-0.2, 0) is 15.8 Å². The molecule has 0 saturated heterocycles. The Morgan fingerprint density at radius 3 is 2.31 bits per heavy atom. The molecule has 3 aromatic rings. The molecule has 0 atom stereocenters. The fourth-order valence-corrected chi connectivity index (χ4v) is 3.21. The van der Waals surface area contributed by atoms with E-state index in [4.69, 9.17) is 16.3 Å². The van der Waals surface area contributed by atoms with Crippen molar-refractivity contribution in [1.29, 1.82) is 0 Å². The zero-order valence-corrected chi connectivity index (χ0v) is 19.7. The van der Waals surface area contributed by atoms with Gasteiger partial charge in [-0.1, -0.05) is 23.7 Å². The van der Waals surface area contributed by atoms with Crippen molar-refractivity contribution in [1.82, 2.24) is 5.43 Å². The maximum absolute atomic E-state index is 12.8. The number of alkyl halides is 3. The molecule has 0 unspecified atom stereocenters. The summed E-state index contributed by atoms with van der Waals surface area (Å²) in [6.07, 6.45) is -3.44. The van der Waals surface area contributed by atoms with E-state index in [2.05, 4.69) is 21.0 Å². The third kappa shape index (κ3) is 7.14. The number of hydrazone groups is 1. The fourth-order valence-electron chi connectivity index (χ4n) is 2.60. The minimum absolute atomic E-state index is 0.178. The summed E-state index contributed by atoms with van der Waals surface area (Å²) < 4.78 is 44.3. The van der Waals surface area contributed by atoms with Crippen molar-refractivity contribution in [3.8, 4) is 5.75 Å². The molecule has 0 saturated carbocycles. The number of hydrogen-bond donors (Lipinski definition) is 2. The maximum Gasteiger partial charge on any atom is 0.416 e. The predicted molar refractivity (Wildman–Crippen MR) is 126 cm³/mol. The van der Waals surface area contributed by atoms with Crippen LogP contribution in [0.5, 0.6) is 5.75 Å². The molecule has 0 heterocycles. The van der Waals surface area contributed by atoms with Crippen molar-refractivity contribution < 1.29 is 32.3 Å². The van der Waals surface area contributed by atoms with Gasteiger partial charge in [-0.25, -0.2) is 10.2 Å². The average Bonchev–Trinajstić information content (AvgIpc) is 2.81.